The Morgan fingerprint density at radius 3 is 2.52 bits per heavy atom. The van der Waals surface area contributed by atoms with Gasteiger partial charge >= 0.3 is 31.1 Å². The van der Waals surface area contributed by atoms with Crippen LogP contribution < -0.4 is 14.2 Å². The van der Waals surface area contributed by atoms with Crippen LogP contribution >= 0.6 is 0 Å². The molecule has 2 aliphatic rings. The SMILES string of the molecule is COc1[c-]cc2c(c1)CCN1Cc3c(ccc(OC)c3OC)[C@H](C)[C@H]21.[CH3-].[U+2]. The van der Waals surface area contributed by atoms with Crippen molar-refractivity contribution < 1.29 is 45.3 Å². The molecule has 0 radical (unpaired) electrons. The minimum Gasteiger partial charge on any atom is -0.523 e. The van der Waals surface area contributed by atoms with Crippen LogP contribution in [0.1, 0.15) is 41.1 Å². The number of hydrogen-bond acceptors (Lipinski definition) is 4. The van der Waals surface area contributed by atoms with Crippen molar-refractivity contribution in [2.45, 2.75) is 31.8 Å². The van der Waals surface area contributed by atoms with Crippen molar-refractivity contribution in [2.24, 2.45) is 0 Å². The van der Waals surface area contributed by atoms with E-state index >= 15 is 0 Å². The first-order valence-electron chi connectivity index (χ1n) is 8.74. The number of fused-ring (bicyclic) bond motifs is 4. The number of nitrogens with zero attached hydrogens (tertiary/aromatic N) is 1. The van der Waals surface area contributed by atoms with E-state index in [4.69, 9.17) is 14.2 Å². The molecule has 0 aliphatic carbocycles. The van der Waals surface area contributed by atoms with Crippen LogP contribution in [-0.2, 0) is 13.0 Å². The number of hydrogen-bond donors (Lipinski definition) is 0. The van der Waals surface area contributed by atoms with Crippen LogP contribution in [0.25, 0.3) is 0 Å². The number of ether oxygens (including phenoxy) is 3. The third-order valence-corrected chi connectivity index (χ3v) is 5.66. The minimum absolute atomic E-state index is 0. The molecular weight excluding hydrogens is 564 g/mol. The van der Waals surface area contributed by atoms with Crippen LogP contribution in [0.3, 0.4) is 0 Å². The van der Waals surface area contributed by atoms with Gasteiger partial charge in [0.25, 0.3) is 0 Å². The fraction of sp³-hybridized carbons (Fsp3) is 0.409. The second-order valence-corrected chi connectivity index (χ2v) is 6.80. The Labute approximate surface area is 186 Å². The van der Waals surface area contributed by atoms with Gasteiger partial charge < -0.3 is 26.5 Å². The molecule has 0 N–H and O–H groups in total. The van der Waals surface area contributed by atoms with Gasteiger partial charge in [-0.3, -0.25) is 0 Å². The van der Waals surface area contributed by atoms with E-state index in [9.17, 15) is 0 Å². The molecule has 4 rings (SSSR count). The molecule has 0 aromatic heterocycles. The Hall–Kier alpha value is -1.15. The summed E-state index contributed by atoms with van der Waals surface area (Å²) < 4.78 is 16.5. The monoisotopic (exact) mass is 591 g/mol. The summed E-state index contributed by atoms with van der Waals surface area (Å²) >= 11 is 0. The van der Waals surface area contributed by atoms with Gasteiger partial charge in [-0.25, -0.2) is 0 Å². The summed E-state index contributed by atoms with van der Waals surface area (Å²) in [6.07, 6.45) is 1.03. The molecule has 142 valence electrons. The van der Waals surface area contributed by atoms with Crippen molar-refractivity contribution in [3.63, 3.8) is 0 Å². The molecule has 5 heteroatoms. The molecule has 2 atom stereocenters. The van der Waals surface area contributed by atoms with Crippen LogP contribution in [0.15, 0.2) is 24.3 Å². The Morgan fingerprint density at radius 1 is 1.07 bits per heavy atom. The van der Waals surface area contributed by atoms with Gasteiger partial charge in [-0.2, -0.15) is 6.07 Å². The van der Waals surface area contributed by atoms with Crippen LogP contribution in [0, 0.1) is 44.6 Å². The first-order chi connectivity index (χ1) is 12.2. The minimum atomic E-state index is 0. The molecule has 2 heterocycles. The van der Waals surface area contributed by atoms with Crippen molar-refractivity contribution >= 4 is 0 Å². The molecule has 0 saturated heterocycles. The Kier molecular flexibility index (Phi) is 7.30. The fourth-order valence-corrected chi connectivity index (χ4v) is 4.47. The number of methoxy groups -OCH3 is 3. The molecule has 0 amide bonds. The summed E-state index contributed by atoms with van der Waals surface area (Å²) in [5.41, 5.74) is 5.36. The van der Waals surface area contributed by atoms with Crippen molar-refractivity contribution in [1.29, 1.82) is 0 Å². The molecule has 0 fully saturated rings. The average Bonchev–Trinajstić information content (AvgIpc) is 2.66. The molecule has 27 heavy (non-hydrogen) atoms. The zero-order valence-electron chi connectivity index (χ0n) is 16.8. The van der Waals surface area contributed by atoms with Gasteiger partial charge in [-0.15, -0.1) is 23.3 Å². The summed E-state index contributed by atoms with van der Waals surface area (Å²) in [6, 6.07) is 12.1. The van der Waals surface area contributed by atoms with Gasteiger partial charge in [0.15, 0.2) is 11.5 Å². The molecule has 0 saturated carbocycles. The van der Waals surface area contributed by atoms with Gasteiger partial charge in [0.1, 0.15) is 0 Å². The second kappa shape index (κ2) is 8.90. The van der Waals surface area contributed by atoms with Gasteiger partial charge in [0.2, 0.25) is 0 Å². The van der Waals surface area contributed by atoms with Gasteiger partial charge in [-0.1, -0.05) is 13.0 Å². The van der Waals surface area contributed by atoms with Crippen LogP contribution in [-0.4, -0.2) is 32.8 Å². The standard InChI is InChI=1S/C21H24NO3.CH3.U/c1-13-16-7-8-19(24-3)21(25-4)18(16)12-22-10-9-14-11-15(23-2)5-6-17(14)20(13)22;;/h6-8,11,13,20H,9-10,12H2,1-4H3;1H3;/q2*-1;+2/t13-,20+;;/m0../s1. The largest absolute Gasteiger partial charge is 2.00 e. The van der Waals surface area contributed by atoms with E-state index in [1.165, 1.54) is 22.3 Å². The number of rotatable bonds is 3. The van der Waals surface area contributed by atoms with Gasteiger partial charge in [0.05, 0.1) is 21.3 Å². The third kappa shape index (κ3) is 3.62. The van der Waals surface area contributed by atoms with Crippen LogP contribution in [0.4, 0.5) is 0 Å². The number of benzene rings is 2. The van der Waals surface area contributed by atoms with E-state index in [-0.39, 0.29) is 38.5 Å². The van der Waals surface area contributed by atoms with Crippen molar-refractivity contribution in [1.82, 2.24) is 4.90 Å². The molecule has 2 aromatic rings. The molecular formula is C22H27NO3U. The maximum absolute atomic E-state index is 5.69. The molecule has 4 nitrogen and oxygen atoms in total. The summed E-state index contributed by atoms with van der Waals surface area (Å²) in [7, 11) is 5.12. The van der Waals surface area contributed by atoms with Gasteiger partial charge in [-0.05, 0) is 30.0 Å². The third-order valence-electron chi connectivity index (χ3n) is 5.66. The maximum Gasteiger partial charge on any atom is 2.00 e. The maximum atomic E-state index is 5.69. The predicted octanol–water partition coefficient (Wildman–Crippen LogP) is 4.18. The Bertz CT molecular complexity index is 808. The summed E-state index contributed by atoms with van der Waals surface area (Å²) in [4.78, 5) is 2.55. The predicted molar refractivity (Wildman–Crippen MR) is 103 cm³/mol. The Balaban J connectivity index is 0.00000131. The van der Waals surface area contributed by atoms with E-state index in [1.807, 2.05) is 6.07 Å². The average molecular weight is 591 g/mol. The molecule has 2 aliphatic heterocycles. The molecule has 0 bridgehead atoms. The van der Waals surface area contributed by atoms with E-state index in [1.54, 1.807) is 21.3 Å². The summed E-state index contributed by atoms with van der Waals surface area (Å²) in [5.74, 6) is 2.88. The van der Waals surface area contributed by atoms with Crippen molar-refractivity contribution in [3.8, 4) is 17.2 Å². The second-order valence-electron chi connectivity index (χ2n) is 6.80. The van der Waals surface area contributed by atoms with Crippen LogP contribution in [0.2, 0.25) is 0 Å². The van der Waals surface area contributed by atoms with E-state index in [2.05, 4.69) is 36.1 Å². The topological polar surface area (TPSA) is 30.9 Å². The smallest absolute Gasteiger partial charge is 0.523 e. The van der Waals surface area contributed by atoms with Gasteiger partial charge in [0, 0.05) is 24.4 Å². The van der Waals surface area contributed by atoms with E-state index in [0.717, 1.165) is 36.8 Å². The zero-order chi connectivity index (χ0) is 17.6. The van der Waals surface area contributed by atoms with E-state index < -0.39 is 0 Å². The van der Waals surface area contributed by atoms with Crippen LogP contribution in [0.5, 0.6) is 17.2 Å². The first kappa shape index (κ1) is 22.1. The zero-order valence-corrected chi connectivity index (χ0v) is 20.9. The quantitative estimate of drug-likeness (QED) is 0.502. The molecule has 0 unspecified atom stereocenters. The normalized spacial score (nSPS) is 20.1. The summed E-state index contributed by atoms with van der Waals surface area (Å²) in [6.45, 7) is 4.23. The fourth-order valence-electron chi connectivity index (χ4n) is 4.47. The van der Waals surface area contributed by atoms with Crippen molar-refractivity contribution in [2.75, 3.05) is 27.9 Å². The first-order valence-corrected chi connectivity index (χ1v) is 8.74. The Morgan fingerprint density at radius 2 is 1.85 bits per heavy atom. The summed E-state index contributed by atoms with van der Waals surface area (Å²) in [5, 5.41) is 0. The molecule has 0 spiro atoms. The van der Waals surface area contributed by atoms with Crippen molar-refractivity contribution in [3.05, 3.63) is 60.0 Å². The van der Waals surface area contributed by atoms with E-state index in [0.29, 0.717) is 12.0 Å². The molecule has 2 aromatic carbocycles.